The molecule has 1 amide bonds. The molecule has 0 atom stereocenters. The van der Waals surface area contributed by atoms with Gasteiger partial charge in [0.1, 0.15) is 0 Å². The number of para-hydroxylation sites is 1. The van der Waals surface area contributed by atoms with Gasteiger partial charge in [0.15, 0.2) is 0 Å². The van der Waals surface area contributed by atoms with Crippen molar-refractivity contribution in [2.24, 2.45) is 0 Å². The average molecular weight is 355 g/mol. The maximum atomic E-state index is 12.2. The molecule has 2 aromatic rings. The Morgan fingerprint density at radius 1 is 1.19 bits per heavy atom. The van der Waals surface area contributed by atoms with E-state index in [-0.39, 0.29) is 5.91 Å². The van der Waals surface area contributed by atoms with E-state index in [0.717, 1.165) is 45.0 Å². The number of amides is 1. The molecule has 0 spiro atoms. The lowest BCUT2D eigenvalue weighted by molar-refractivity contribution is 0.0383. The summed E-state index contributed by atoms with van der Waals surface area (Å²) in [4.78, 5) is 23.0. The lowest BCUT2D eigenvalue weighted by Gasteiger charge is -2.26. The number of hydrogen-bond acceptors (Lipinski definition) is 6. The van der Waals surface area contributed by atoms with E-state index in [4.69, 9.17) is 4.74 Å². The molecule has 2 N–H and O–H groups in total. The van der Waals surface area contributed by atoms with Gasteiger partial charge in [-0.15, -0.1) is 0 Å². The van der Waals surface area contributed by atoms with Crippen molar-refractivity contribution in [1.29, 1.82) is 0 Å². The Labute approximate surface area is 153 Å². The van der Waals surface area contributed by atoms with E-state index in [1.165, 1.54) is 5.56 Å². The third-order valence-corrected chi connectivity index (χ3v) is 4.38. The highest BCUT2D eigenvalue weighted by atomic mass is 16.5. The number of carbonyl (C=O) groups is 1. The molecule has 7 heteroatoms. The van der Waals surface area contributed by atoms with Gasteiger partial charge in [0.25, 0.3) is 5.91 Å². The fourth-order valence-electron chi connectivity index (χ4n) is 2.84. The van der Waals surface area contributed by atoms with Gasteiger partial charge in [-0.3, -0.25) is 9.69 Å². The number of hydrogen-bond donors (Lipinski definition) is 2. The van der Waals surface area contributed by atoms with Crippen molar-refractivity contribution in [3.63, 3.8) is 0 Å². The quantitative estimate of drug-likeness (QED) is 0.789. The van der Waals surface area contributed by atoms with Crippen LogP contribution in [0.25, 0.3) is 0 Å². The number of rotatable bonds is 7. The summed E-state index contributed by atoms with van der Waals surface area (Å²) < 4.78 is 5.31. The van der Waals surface area contributed by atoms with E-state index in [2.05, 4.69) is 38.5 Å². The number of anilines is 2. The van der Waals surface area contributed by atoms with Crippen LogP contribution in [0.1, 0.15) is 22.8 Å². The molecule has 1 aromatic carbocycles. The topological polar surface area (TPSA) is 79.4 Å². The third kappa shape index (κ3) is 5.00. The van der Waals surface area contributed by atoms with E-state index in [1.807, 2.05) is 18.2 Å². The highest BCUT2D eigenvalue weighted by Crippen LogP contribution is 2.18. The number of aromatic nitrogens is 2. The minimum absolute atomic E-state index is 0.154. The fourth-order valence-corrected chi connectivity index (χ4v) is 2.84. The van der Waals surface area contributed by atoms with Gasteiger partial charge in [0.05, 0.1) is 18.8 Å². The first-order valence-corrected chi connectivity index (χ1v) is 9.01. The van der Waals surface area contributed by atoms with Crippen molar-refractivity contribution in [2.45, 2.75) is 13.3 Å². The van der Waals surface area contributed by atoms with Gasteiger partial charge in [0.2, 0.25) is 5.95 Å². The number of aryl methyl sites for hydroxylation is 1. The van der Waals surface area contributed by atoms with Gasteiger partial charge < -0.3 is 15.4 Å². The molecule has 0 aliphatic carbocycles. The summed E-state index contributed by atoms with van der Waals surface area (Å²) >= 11 is 0. The van der Waals surface area contributed by atoms with E-state index in [0.29, 0.717) is 18.1 Å². The number of nitrogens with zero attached hydrogens (tertiary/aromatic N) is 3. The lowest BCUT2D eigenvalue weighted by Crippen LogP contribution is -2.41. The zero-order chi connectivity index (χ0) is 18.2. The molecule has 0 unspecified atom stereocenters. The first-order chi connectivity index (χ1) is 12.8. The second kappa shape index (κ2) is 9.26. The van der Waals surface area contributed by atoms with Crippen LogP contribution in [0.15, 0.2) is 36.7 Å². The SMILES string of the molecule is CCc1ccccc1Nc1ncc(C(=O)NCCN2CCOCC2)cn1. The Kier molecular flexibility index (Phi) is 6.51. The summed E-state index contributed by atoms with van der Waals surface area (Å²) in [5.41, 5.74) is 2.64. The predicted molar refractivity (Wildman–Crippen MR) is 101 cm³/mol. The van der Waals surface area contributed by atoms with E-state index >= 15 is 0 Å². The molecule has 7 nitrogen and oxygen atoms in total. The normalized spacial score (nSPS) is 14.8. The number of nitrogens with one attached hydrogen (secondary N) is 2. The minimum atomic E-state index is -0.154. The van der Waals surface area contributed by atoms with Crippen LogP contribution in [0.4, 0.5) is 11.6 Å². The summed E-state index contributed by atoms with van der Waals surface area (Å²) in [5, 5.41) is 6.12. The molecule has 2 heterocycles. The molecule has 138 valence electrons. The maximum absolute atomic E-state index is 12.2. The van der Waals surface area contributed by atoms with E-state index in [1.54, 1.807) is 12.4 Å². The highest BCUT2D eigenvalue weighted by molar-refractivity contribution is 5.93. The van der Waals surface area contributed by atoms with Crippen molar-refractivity contribution < 1.29 is 9.53 Å². The zero-order valence-electron chi connectivity index (χ0n) is 15.1. The highest BCUT2D eigenvalue weighted by Gasteiger charge is 2.11. The molecule has 1 saturated heterocycles. The van der Waals surface area contributed by atoms with Crippen LogP contribution < -0.4 is 10.6 Å². The van der Waals surface area contributed by atoms with Crippen LogP contribution in [0, 0.1) is 0 Å². The van der Waals surface area contributed by atoms with Gasteiger partial charge in [-0.2, -0.15) is 0 Å². The van der Waals surface area contributed by atoms with Crippen LogP contribution in [0.2, 0.25) is 0 Å². The van der Waals surface area contributed by atoms with Crippen LogP contribution in [-0.4, -0.2) is 60.2 Å². The summed E-state index contributed by atoms with van der Waals surface area (Å²) in [6, 6.07) is 8.04. The number of ether oxygens (including phenoxy) is 1. The largest absolute Gasteiger partial charge is 0.379 e. The van der Waals surface area contributed by atoms with Crippen LogP contribution in [-0.2, 0) is 11.2 Å². The van der Waals surface area contributed by atoms with Crippen molar-refractivity contribution >= 4 is 17.5 Å². The molecule has 3 rings (SSSR count). The van der Waals surface area contributed by atoms with Gasteiger partial charge in [0, 0.05) is 44.3 Å². The summed E-state index contributed by atoms with van der Waals surface area (Å²) in [6.45, 7) is 6.88. The average Bonchev–Trinajstić information content (AvgIpc) is 2.70. The summed E-state index contributed by atoms with van der Waals surface area (Å²) in [7, 11) is 0. The van der Waals surface area contributed by atoms with Gasteiger partial charge in [-0.25, -0.2) is 9.97 Å². The lowest BCUT2D eigenvalue weighted by atomic mass is 10.1. The van der Waals surface area contributed by atoms with Crippen LogP contribution >= 0.6 is 0 Å². The second-order valence-electron chi connectivity index (χ2n) is 6.14. The fraction of sp³-hybridized carbons (Fsp3) is 0.421. The van der Waals surface area contributed by atoms with Crippen molar-refractivity contribution in [2.75, 3.05) is 44.7 Å². The van der Waals surface area contributed by atoms with Crippen molar-refractivity contribution in [3.8, 4) is 0 Å². The van der Waals surface area contributed by atoms with E-state index < -0.39 is 0 Å². The molecule has 0 bridgehead atoms. The molecule has 1 aliphatic rings. The monoisotopic (exact) mass is 355 g/mol. The Hall–Kier alpha value is -2.51. The number of morpholine rings is 1. The predicted octanol–water partition coefficient (Wildman–Crippen LogP) is 1.84. The number of benzene rings is 1. The first-order valence-electron chi connectivity index (χ1n) is 9.01. The van der Waals surface area contributed by atoms with E-state index in [9.17, 15) is 4.79 Å². The molecule has 26 heavy (non-hydrogen) atoms. The van der Waals surface area contributed by atoms with Gasteiger partial charge in [-0.05, 0) is 18.1 Å². The van der Waals surface area contributed by atoms with Crippen LogP contribution in [0.5, 0.6) is 0 Å². The Balaban J connectivity index is 1.51. The molecule has 0 radical (unpaired) electrons. The summed E-state index contributed by atoms with van der Waals surface area (Å²) in [6.07, 6.45) is 4.02. The molecule has 1 fully saturated rings. The molecule has 1 aliphatic heterocycles. The smallest absolute Gasteiger partial charge is 0.254 e. The number of carbonyl (C=O) groups excluding carboxylic acids is 1. The van der Waals surface area contributed by atoms with Crippen LogP contribution in [0.3, 0.4) is 0 Å². The molecule has 0 saturated carbocycles. The standard InChI is InChI=1S/C19H25N5O2/c1-2-15-5-3-4-6-17(15)23-19-21-13-16(14-22-19)18(25)20-7-8-24-9-11-26-12-10-24/h3-6,13-14H,2,7-12H2,1H3,(H,20,25)(H,21,22,23). The van der Waals surface area contributed by atoms with Crippen molar-refractivity contribution in [1.82, 2.24) is 20.2 Å². The Bertz CT molecular complexity index is 714. The Morgan fingerprint density at radius 3 is 2.65 bits per heavy atom. The summed E-state index contributed by atoms with van der Waals surface area (Å²) in [5.74, 6) is 0.328. The second-order valence-corrected chi connectivity index (χ2v) is 6.14. The third-order valence-electron chi connectivity index (χ3n) is 4.38. The van der Waals surface area contributed by atoms with Crippen molar-refractivity contribution in [3.05, 3.63) is 47.8 Å². The molecular weight excluding hydrogens is 330 g/mol. The van der Waals surface area contributed by atoms with Gasteiger partial charge >= 0.3 is 0 Å². The zero-order valence-corrected chi connectivity index (χ0v) is 15.1. The maximum Gasteiger partial charge on any atom is 0.254 e. The first kappa shape index (κ1) is 18.3. The molecular formula is C19H25N5O2. The Morgan fingerprint density at radius 2 is 1.92 bits per heavy atom. The molecule has 1 aromatic heterocycles. The van der Waals surface area contributed by atoms with Gasteiger partial charge in [-0.1, -0.05) is 25.1 Å². The minimum Gasteiger partial charge on any atom is -0.379 e.